The molecule has 0 bridgehead atoms. The maximum atomic E-state index is 13.0. The van der Waals surface area contributed by atoms with Crippen LogP contribution >= 0.6 is 11.8 Å². The summed E-state index contributed by atoms with van der Waals surface area (Å²) in [4.78, 5) is 25.6. The lowest BCUT2D eigenvalue weighted by molar-refractivity contribution is -0.133. The molecule has 7 nitrogen and oxygen atoms in total. The fraction of sp³-hybridized carbons (Fsp3) is 0.273. The minimum Gasteiger partial charge on any atom is -0.289 e. The first kappa shape index (κ1) is 21.8. The SMILES string of the molecule is CCC(C(=O)NO)N1CC2=C(CC(c3ccc(C(=O)c4ccccc4)cc3)S2)S1(=O)=O. The van der Waals surface area contributed by atoms with E-state index in [-0.39, 0.29) is 24.0 Å². The van der Waals surface area contributed by atoms with E-state index in [2.05, 4.69) is 0 Å². The Kier molecular flexibility index (Phi) is 6.02. The highest BCUT2D eigenvalue weighted by Gasteiger charge is 2.47. The Bertz CT molecular complexity index is 1140. The molecule has 2 atom stereocenters. The molecule has 0 fully saturated rings. The Balaban J connectivity index is 1.48. The lowest BCUT2D eigenvalue weighted by Crippen LogP contribution is -2.47. The van der Waals surface area contributed by atoms with Gasteiger partial charge in [-0.3, -0.25) is 14.8 Å². The summed E-state index contributed by atoms with van der Waals surface area (Å²) in [6.45, 7) is 1.84. The number of amides is 1. The van der Waals surface area contributed by atoms with E-state index in [0.717, 1.165) is 14.8 Å². The number of nitrogens with zero attached hydrogens (tertiary/aromatic N) is 1. The molecule has 1 amide bonds. The van der Waals surface area contributed by atoms with Gasteiger partial charge >= 0.3 is 0 Å². The van der Waals surface area contributed by atoms with Gasteiger partial charge in [-0.1, -0.05) is 61.5 Å². The second-order valence-corrected chi connectivity index (χ2v) is 10.6. The Hall–Kier alpha value is -2.46. The Morgan fingerprint density at radius 1 is 1.13 bits per heavy atom. The first-order valence-electron chi connectivity index (χ1n) is 9.91. The molecule has 2 N–H and O–H groups in total. The minimum absolute atomic E-state index is 0.0576. The molecule has 2 aliphatic rings. The third kappa shape index (κ3) is 3.94. The van der Waals surface area contributed by atoms with Crippen molar-refractivity contribution in [1.82, 2.24) is 9.79 Å². The van der Waals surface area contributed by atoms with Crippen LogP contribution in [0.5, 0.6) is 0 Å². The van der Waals surface area contributed by atoms with Gasteiger partial charge in [0.2, 0.25) is 10.0 Å². The summed E-state index contributed by atoms with van der Waals surface area (Å²) in [7, 11) is -3.76. The van der Waals surface area contributed by atoms with Gasteiger partial charge < -0.3 is 0 Å². The molecule has 2 aliphatic heterocycles. The van der Waals surface area contributed by atoms with Gasteiger partial charge in [0.15, 0.2) is 5.78 Å². The van der Waals surface area contributed by atoms with Gasteiger partial charge in [-0.25, -0.2) is 13.9 Å². The highest BCUT2D eigenvalue weighted by atomic mass is 32.2. The van der Waals surface area contributed by atoms with Gasteiger partial charge in [0.05, 0.1) is 4.91 Å². The van der Waals surface area contributed by atoms with E-state index in [1.165, 1.54) is 11.8 Å². The molecule has 2 aromatic rings. The summed E-state index contributed by atoms with van der Waals surface area (Å²) in [5, 5.41) is 8.87. The van der Waals surface area contributed by atoms with Crippen molar-refractivity contribution in [3.63, 3.8) is 0 Å². The maximum Gasteiger partial charge on any atom is 0.261 e. The molecule has 2 aromatic carbocycles. The van der Waals surface area contributed by atoms with Crippen LogP contribution in [0.3, 0.4) is 0 Å². The molecule has 0 radical (unpaired) electrons. The highest BCUT2D eigenvalue weighted by Crippen LogP contribution is 2.53. The standard InChI is InChI=1S/C22H22N2O5S2/c1-2-17(22(26)23-27)24-13-19-20(31(24,28)29)12-18(30-19)14-8-10-16(11-9-14)21(25)15-6-4-3-5-7-15/h3-11,17-18,27H,2,12-13H2,1H3,(H,23,26). The number of carbonyl (C=O) groups excluding carboxylic acids is 2. The van der Waals surface area contributed by atoms with Crippen LogP contribution in [-0.4, -0.2) is 42.2 Å². The molecule has 31 heavy (non-hydrogen) atoms. The number of nitrogens with one attached hydrogen (secondary N) is 1. The molecule has 9 heteroatoms. The van der Waals surface area contributed by atoms with E-state index >= 15 is 0 Å². The summed E-state index contributed by atoms with van der Waals surface area (Å²) in [6.07, 6.45) is 0.596. The third-order valence-corrected chi connectivity index (χ3v) is 9.16. The van der Waals surface area contributed by atoms with Crippen molar-refractivity contribution in [3.05, 3.63) is 81.1 Å². The third-order valence-electron chi connectivity index (χ3n) is 5.61. The summed E-state index contributed by atoms with van der Waals surface area (Å²) in [5.41, 5.74) is 3.71. The van der Waals surface area contributed by atoms with Gasteiger partial charge in [-0.05, 0) is 12.0 Å². The second kappa shape index (κ2) is 8.58. The summed E-state index contributed by atoms with van der Waals surface area (Å²) < 4.78 is 27.2. The van der Waals surface area contributed by atoms with Crippen molar-refractivity contribution in [2.24, 2.45) is 0 Å². The monoisotopic (exact) mass is 458 g/mol. The number of hydrogen-bond donors (Lipinski definition) is 2. The number of ketones is 1. The zero-order chi connectivity index (χ0) is 22.2. The van der Waals surface area contributed by atoms with Gasteiger partial charge in [0.25, 0.3) is 5.91 Å². The quantitative estimate of drug-likeness (QED) is 0.391. The number of rotatable bonds is 6. The lowest BCUT2D eigenvalue weighted by Gasteiger charge is -2.26. The summed E-state index contributed by atoms with van der Waals surface area (Å²) in [5.74, 6) is -0.787. The van der Waals surface area contributed by atoms with E-state index in [1.54, 1.807) is 36.7 Å². The zero-order valence-electron chi connectivity index (χ0n) is 16.8. The molecule has 0 spiro atoms. The average Bonchev–Trinajstić information content (AvgIpc) is 3.33. The van der Waals surface area contributed by atoms with Crippen molar-refractivity contribution in [1.29, 1.82) is 0 Å². The molecular weight excluding hydrogens is 436 g/mol. The van der Waals surface area contributed by atoms with Crippen LogP contribution < -0.4 is 5.48 Å². The number of hydroxylamine groups is 1. The molecule has 162 valence electrons. The van der Waals surface area contributed by atoms with Crippen molar-refractivity contribution < 1.29 is 23.2 Å². The molecule has 2 heterocycles. The largest absolute Gasteiger partial charge is 0.289 e. The van der Waals surface area contributed by atoms with Crippen LogP contribution in [0.15, 0.2) is 64.4 Å². The number of hydrogen-bond acceptors (Lipinski definition) is 6. The lowest BCUT2D eigenvalue weighted by atomic mass is 10.0. The maximum absolute atomic E-state index is 13.0. The number of benzene rings is 2. The number of allylic oxidation sites excluding steroid dienone is 1. The molecule has 4 rings (SSSR count). The van der Waals surface area contributed by atoms with E-state index in [9.17, 15) is 18.0 Å². The van der Waals surface area contributed by atoms with Crippen LogP contribution in [0.25, 0.3) is 0 Å². The van der Waals surface area contributed by atoms with Gasteiger partial charge in [-0.2, -0.15) is 4.31 Å². The minimum atomic E-state index is -3.76. The normalized spacial score (nSPS) is 21.0. The second-order valence-electron chi connectivity index (χ2n) is 7.42. The highest BCUT2D eigenvalue weighted by molar-refractivity contribution is 8.05. The van der Waals surface area contributed by atoms with Crippen LogP contribution in [0.1, 0.15) is 46.5 Å². The van der Waals surface area contributed by atoms with E-state index in [0.29, 0.717) is 22.5 Å². The van der Waals surface area contributed by atoms with E-state index in [1.807, 2.05) is 30.3 Å². The summed E-state index contributed by atoms with van der Waals surface area (Å²) >= 11 is 1.48. The van der Waals surface area contributed by atoms with Crippen LogP contribution in [0.4, 0.5) is 0 Å². The van der Waals surface area contributed by atoms with Crippen molar-refractivity contribution >= 4 is 33.5 Å². The Labute approximate surface area is 185 Å². The molecule has 0 saturated carbocycles. The van der Waals surface area contributed by atoms with Crippen molar-refractivity contribution in [3.8, 4) is 0 Å². The molecule has 0 saturated heterocycles. The fourth-order valence-corrected chi connectivity index (χ4v) is 7.82. The zero-order valence-corrected chi connectivity index (χ0v) is 18.4. The Morgan fingerprint density at radius 2 is 1.77 bits per heavy atom. The van der Waals surface area contributed by atoms with Crippen LogP contribution in [-0.2, 0) is 14.8 Å². The number of thioether (sulfide) groups is 1. The summed E-state index contributed by atoms with van der Waals surface area (Å²) in [6, 6.07) is 15.4. The predicted molar refractivity (Wildman–Crippen MR) is 118 cm³/mol. The van der Waals surface area contributed by atoms with Gasteiger partial charge in [0.1, 0.15) is 6.04 Å². The van der Waals surface area contributed by atoms with Crippen molar-refractivity contribution in [2.45, 2.75) is 31.1 Å². The van der Waals surface area contributed by atoms with Crippen LogP contribution in [0, 0.1) is 0 Å². The number of sulfonamides is 1. The van der Waals surface area contributed by atoms with Gasteiger partial charge in [0, 0.05) is 34.2 Å². The average molecular weight is 459 g/mol. The topological polar surface area (TPSA) is 104 Å². The Morgan fingerprint density at radius 3 is 2.35 bits per heavy atom. The fourth-order valence-electron chi connectivity index (χ4n) is 3.97. The van der Waals surface area contributed by atoms with Crippen molar-refractivity contribution in [2.75, 3.05) is 6.54 Å². The molecular formula is C22H22N2O5S2. The van der Waals surface area contributed by atoms with Gasteiger partial charge in [-0.15, -0.1) is 11.8 Å². The first-order chi connectivity index (χ1) is 14.9. The predicted octanol–water partition coefficient (Wildman–Crippen LogP) is 3.24. The smallest absolute Gasteiger partial charge is 0.261 e. The number of carbonyl (C=O) groups is 2. The van der Waals surface area contributed by atoms with Crippen LogP contribution in [0.2, 0.25) is 0 Å². The van der Waals surface area contributed by atoms with E-state index in [4.69, 9.17) is 5.21 Å². The molecule has 0 aromatic heterocycles. The first-order valence-corrected chi connectivity index (χ1v) is 12.2. The molecule has 0 aliphatic carbocycles. The molecule has 2 unspecified atom stereocenters. The van der Waals surface area contributed by atoms with E-state index < -0.39 is 22.0 Å².